The fourth-order valence-corrected chi connectivity index (χ4v) is 5.30. The molecule has 144 valence electrons. The van der Waals surface area contributed by atoms with Crippen LogP contribution in [0.5, 0.6) is 0 Å². The van der Waals surface area contributed by atoms with Crippen LogP contribution in [0.15, 0.2) is 12.1 Å². The average molecular weight is 359 g/mol. The lowest BCUT2D eigenvalue weighted by atomic mass is 9.58. The minimum absolute atomic E-state index is 0.257. The molecule has 1 saturated heterocycles. The molecule has 2 heterocycles. The van der Waals surface area contributed by atoms with Crippen molar-refractivity contribution in [2.75, 3.05) is 23.3 Å². The molecule has 5 nitrogen and oxygen atoms in total. The number of rotatable bonds is 3. The van der Waals surface area contributed by atoms with Crippen LogP contribution in [-0.4, -0.2) is 42.4 Å². The molecule has 2 saturated carbocycles. The molecular formula is C21H34N4O. The Balaban J connectivity index is 1.36. The predicted octanol–water partition coefficient (Wildman–Crippen LogP) is 3.47. The number of hydrogen-bond donors (Lipinski definition) is 2. The van der Waals surface area contributed by atoms with E-state index >= 15 is 0 Å². The highest BCUT2D eigenvalue weighted by atomic mass is 16.5. The number of nitrogens with zero attached hydrogens (tertiary/aromatic N) is 2. The number of morpholine rings is 1. The van der Waals surface area contributed by atoms with Gasteiger partial charge in [0.2, 0.25) is 0 Å². The highest BCUT2D eigenvalue weighted by Gasteiger charge is 2.44. The summed E-state index contributed by atoms with van der Waals surface area (Å²) < 4.78 is 5.84. The van der Waals surface area contributed by atoms with Gasteiger partial charge in [-0.3, -0.25) is 0 Å². The third-order valence-electron chi connectivity index (χ3n) is 6.61. The molecule has 1 aromatic rings. The highest BCUT2D eigenvalue weighted by Crippen LogP contribution is 2.51. The molecule has 3 N–H and O–H groups in total. The van der Waals surface area contributed by atoms with Crippen LogP contribution in [0.25, 0.3) is 0 Å². The van der Waals surface area contributed by atoms with Crippen LogP contribution < -0.4 is 16.0 Å². The Kier molecular flexibility index (Phi) is 4.86. The number of pyridine rings is 1. The van der Waals surface area contributed by atoms with Crippen molar-refractivity contribution in [3.05, 3.63) is 17.8 Å². The Morgan fingerprint density at radius 2 is 1.81 bits per heavy atom. The number of ether oxygens (including phenoxy) is 1. The normalized spacial score (nSPS) is 37.5. The van der Waals surface area contributed by atoms with Crippen LogP contribution in [0.3, 0.4) is 0 Å². The summed E-state index contributed by atoms with van der Waals surface area (Å²) in [6, 6.07) is 5.41. The van der Waals surface area contributed by atoms with E-state index in [0.717, 1.165) is 24.6 Å². The second kappa shape index (κ2) is 7.01. The van der Waals surface area contributed by atoms with Gasteiger partial charge in [0.15, 0.2) is 0 Å². The van der Waals surface area contributed by atoms with E-state index in [1.54, 1.807) is 0 Å². The van der Waals surface area contributed by atoms with Crippen LogP contribution in [0, 0.1) is 12.3 Å². The Morgan fingerprint density at radius 3 is 2.38 bits per heavy atom. The zero-order valence-corrected chi connectivity index (χ0v) is 16.5. The summed E-state index contributed by atoms with van der Waals surface area (Å²) in [4.78, 5) is 7.24. The van der Waals surface area contributed by atoms with Crippen LogP contribution in [-0.2, 0) is 4.74 Å². The molecule has 0 aromatic carbocycles. The van der Waals surface area contributed by atoms with Crippen molar-refractivity contribution in [2.24, 2.45) is 11.1 Å². The van der Waals surface area contributed by atoms with Crippen LogP contribution >= 0.6 is 0 Å². The zero-order valence-electron chi connectivity index (χ0n) is 16.5. The van der Waals surface area contributed by atoms with Gasteiger partial charge in [-0.15, -0.1) is 0 Å². The number of aryl methyl sites for hydroxylation is 1. The van der Waals surface area contributed by atoms with Gasteiger partial charge in [-0.25, -0.2) is 4.98 Å². The topological polar surface area (TPSA) is 63.4 Å². The van der Waals surface area contributed by atoms with Crippen molar-refractivity contribution in [1.82, 2.24) is 4.98 Å². The first kappa shape index (κ1) is 18.1. The fourth-order valence-electron chi connectivity index (χ4n) is 5.30. The van der Waals surface area contributed by atoms with E-state index in [1.807, 2.05) is 0 Å². The summed E-state index contributed by atoms with van der Waals surface area (Å²) in [5, 5.41) is 3.76. The van der Waals surface area contributed by atoms with Crippen LogP contribution in [0.4, 0.5) is 11.5 Å². The molecule has 0 amide bonds. The predicted molar refractivity (Wildman–Crippen MR) is 107 cm³/mol. The maximum absolute atomic E-state index is 6.02. The SMILES string of the molecule is Cc1nc(N2CC(C)OC(C)C2)ccc1NC1CCC2(CC1)CC(N)C2. The molecule has 1 aromatic heterocycles. The van der Waals surface area contributed by atoms with Gasteiger partial charge in [-0.05, 0) is 76.8 Å². The minimum atomic E-state index is 0.257. The monoisotopic (exact) mass is 358 g/mol. The van der Waals surface area contributed by atoms with Crippen molar-refractivity contribution in [3.8, 4) is 0 Å². The van der Waals surface area contributed by atoms with E-state index < -0.39 is 0 Å². The summed E-state index contributed by atoms with van der Waals surface area (Å²) in [6.07, 6.45) is 8.16. The summed E-state index contributed by atoms with van der Waals surface area (Å²) in [5.74, 6) is 1.07. The van der Waals surface area contributed by atoms with Crippen molar-refractivity contribution in [2.45, 2.75) is 83.6 Å². The first-order valence-corrected chi connectivity index (χ1v) is 10.3. The number of hydrogen-bond acceptors (Lipinski definition) is 5. The van der Waals surface area contributed by atoms with Crippen molar-refractivity contribution in [3.63, 3.8) is 0 Å². The van der Waals surface area contributed by atoms with E-state index in [4.69, 9.17) is 15.5 Å². The highest BCUT2D eigenvalue weighted by molar-refractivity contribution is 5.54. The quantitative estimate of drug-likeness (QED) is 0.866. The standard InChI is InChI=1S/C21H34N4O/c1-14-12-25(13-15(2)26-14)20-5-4-19(16(3)23-20)24-18-6-8-21(9-7-18)10-17(22)11-21/h4-5,14-15,17-18,24H,6-13,22H2,1-3H3. The zero-order chi connectivity index (χ0) is 18.3. The summed E-state index contributed by atoms with van der Waals surface area (Å²) in [6.45, 7) is 8.22. The third-order valence-corrected chi connectivity index (χ3v) is 6.61. The molecule has 3 fully saturated rings. The van der Waals surface area contributed by atoms with Crippen LogP contribution in [0.2, 0.25) is 0 Å². The maximum atomic E-state index is 6.02. The molecule has 0 bridgehead atoms. The van der Waals surface area contributed by atoms with Gasteiger partial charge in [0.25, 0.3) is 0 Å². The van der Waals surface area contributed by atoms with E-state index in [9.17, 15) is 0 Å². The number of nitrogens with two attached hydrogens (primary N) is 1. The van der Waals surface area contributed by atoms with E-state index in [2.05, 4.69) is 43.1 Å². The first-order chi connectivity index (χ1) is 12.4. The van der Waals surface area contributed by atoms with E-state index in [1.165, 1.54) is 44.2 Å². The molecule has 2 atom stereocenters. The number of anilines is 2. The van der Waals surface area contributed by atoms with E-state index in [0.29, 0.717) is 17.5 Å². The molecule has 2 unspecified atom stereocenters. The van der Waals surface area contributed by atoms with Gasteiger partial charge in [-0.1, -0.05) is 0 Å². The fraction of sp³-hybridized carbons (Fsp3) is 0.762. The minimum Gasteiger partial charge on any atom is -0.381 e. The van der Waals surface area contributed by atoms with Gasteiger partial charge in [0, 0.05) is 25.2 Å². The van der Waals surface area contributed by atoms with Gasteiger partial charge in [0.1, 0.15) is 5.82 Å². The Hall–Kier alpha value is -1.33. The Labute approximate surface area is 157 Å². The summed E-state index contributed by atoms with van der Waals surface area (Å²) >= 11 is 0. The molecule has 3 aliphatic rings. The Morgan fingerprint density at radius 1 is 1.15 bits per heavy atom. The molecular weight excluding hydrogens is 324 g/mol. The number of aromatic nitrogens is 1. The molecule has 4 rings (SSSR count). The molecule has 5 heteroatoms. The Bertz CT molecular complexity index is 623. The molecule has 1 spiro atoms. The van der Waals surface area contributed by atoms with Gasteiger partial charge in [-0.2, -0.15) is 0 Å². The van der Waals surface area contributed by atoms with Crippen molar-refractivity contribution >= 4 is 11.5 Å². The lowest BCUT2D eigenvalue weighted by Crippen LogP contribution is -2.49. The number of nitrogens with one attached hydrogen (secondary N) is 1. The van der Waals surface area contributed by atoms with Gasteiger partial charge >= 0.3 is 0 Å². The van der Waals surface area contributed by atoms with Gasteiger partial charge in [0.05, 0.1) is 23.6 Å². The first-order valence-electron chi connectivity index (χ1n) is 10.3. The van der Waals surface area contributed by atoms with Crippen molar-refractivity contribution in [1.29, 1.82) is 0 Å². The second-order valence-corrected chi connectivity index (χ2v) is 9.05. The molecule has 1 aliphatic heterocycles. The van der Waals surface area contributed by atoms with Crippen LogP contribution in [0.1, 0.15) is 58.1 Å². The average Bonchev–Trinajstić information content (AvgIpc) is 2.56. The summed E-state index contributed by atoms with van der Waals surface area (Å²) in [7, 11) is 0. The summed E-state index contributed by atoms with van der Waals surface area (Å²) in [5.41, 5.74) is 8.89. The lowest BCUT2D eigenvalue weighted by molar-refractivity contribution is -0.00546. The van der Waals surface area contributed by atoms with Gasteiger partial charge < -0.3 is 20.7 Å². The second-order valence-electron chi connectivity index (χ2n) is 9.05. The van der Waals surface area contributed by atoms with Crippen molar-refractivity contribution < 1.29 is 4.74 Å². The molecule has 26 heavy (non-hydrogen) atoms. The maximum Gasteiger partial charge on any atom is 0.129 e. The van der Waals surface area contributed by atoms with E-state index in [-0.39, 0.29) is 12.2 Å². The molecule has 0 radical (unpaired) electrons. The lowest BCUT2D eigenvalue weighted by Gasteiger charge is -2.50. The third kappa shape index (κ3) is 3.70. The molecule has 2 aliphatic carbocycles. The smallest absolute Gasteiger partial charge is 0.129 e. The largest absolute Gasteiger partial charge is 0.381 e.